The molecule has 1 aromatic heterocycles. The standard InChI is InChI=1S/C23H24FN5O3/c24-16-2-5-19(27-9-16)23(12-26-13-23)11-25-8-14-1-3-17-15(7-14)10-29(22(17)32)18-4-6-20(30)28-21(18)31/h1-3,5,7,9,18,25-26H,4,6,8,10-13H2,(H,28,30,31). The quantitative estimate of drug-likeness (QED) is 0.573. The zero-order valence-corrected chi connectivity index (χ0v) is 17.5. The summed E-state index contributed by atoms with van der Waals surface area (Å²) in [7, 11) is 0. The largest absolute Gasteiger partial charge is 0.322 e. The summed E-state index contributed by atoms with van der Waals surface area (Å²) in [5.74, 6) is -1.21. The summed E-state index contributed by atoms with van der Waals surface area (Å²) >= 11 is 0. The molecular weight excluding hydrogens is 413 g/mol. The van der Waals surface area contributed by atoms with Crippen LogP contribution in [0.5, 0.6) is 0 Å². The molecule has 3 amide bonds. The number of halogens is 1. The van der Waals surface area contributed by atoms with Crippen molar-refractivity contribution in [2.45, 2.75) is 37.4 Å². The molecular formula is C23H24FN5O3. The molecule has 0 saturated carbocycles. The van der Waals surface area contributed by atoms with Gasteiger partial charge in [-0.3, -0.25) is 24.7 Å². The van der Waals surface area contributed by atoms with E-state index in [0.717, 1.165) is 29.9 Å². The number of nitrogens with one attached hydrogen (secondary N) is 3. The van der Waals surface area contributed by atoms with E-state index in [2.05, 4.69) is 20.9 Å². The number of hydrogen-bond donors (Lipinski definition) is 3. The number of imide groups is 1. The second-order valence-electron chi connectivity index (χ2n) is 8.74. The average Bonchev–Trinajstić information content (AvgIpc) is 3.06. The molecule has 5 rings (SSSR count). The third-order valence-corrected chi connectivity index (χ3v) is 6.58. The molecule has 0 bridgehead atoms. The highest BCUT2D eigenvalue weighted by Gasteiger charge is 2.40. The first-order valence-electron chi connectivity index (χ1n) is 10.8. The zero-order chi connectivity index (χ0) is 22.3. The Morgan fingerprint density at radius 1 is 1.19 bits per heavy atom. The minimum absolute atomic E-state index is 0.164. The average molecular weight is 437 g/mol. The van der Waals surface area contributed by atoms with Gasteiger partial charge in [0, 0.05) is 50.1 Å². The molecule has 1 aromatic carbocycles. The lowest BCUT2D eigenvalue weighted by molar-refractivity contribution is -0.136. The van der Waals surface area contributed by atoms with Gasteiger partial charge in [0.05, 0.1) is 11.9 Å². The predicted molar refractivity (Wildman–Crippen MR) is 113 cm³/mol. The van der Waals surface area contributed by atoms with Gasteiger partial charge in [-0.15, -0.1) is 0 Å². The van der Waals surface area contributed by atoms with Crippen LogP contribution in [-0.2, 0) is 28.1 Å². The topological polar surface area (TPSA) is 103 Å². The highest BCUT2D eigenvalue weighted by molar-refractivity contribution is 6.05. The summed E-state index contributed by atoms with van der Waals surface area (Å²) < 4.78 is 13.2. The molecule has 3 N–H and O–H groups in total. The second-order valence-corrected chi connectivity index (χ2v) is 8.74. The summed E-state index contributed by atoms with van der Waals surface area (Å²) in [5.41, 5.74) is 3.23. The number of carbonyl (C=O) groups is 3. The molecule has 2 aromatic rings. The number of fused-ring (bicyclic) bond motifs is 1. The SMILES string of the molecule is O=C1CCC(N2Cc3cc(CNCC4(c5ccc(F)cn5)CNC4)ccc3C2=O)C(=O)N1. The van der Waals surface area contributed by atoms with Crippen molar-refractivity contribution in [3.63, 3.8) is 0 Å². The number of rotatable bonds is 6. The van der Waals surface area contributed by atoms with Gasteiger partial charge in [-0.2, -0.15) is 0 Å². The highest BCUT2D eigenvalue weighted by atomic mass is 19.1. The van der Waals surface area contributed by atoms with Crippen LogP contribution >= 0.6 is 0 Å². The van der Waals surface area contributed by atoms with Crippen LogP contribution in [0.25, 0.3) is 0 Å². The Balaban J connectivity index is 1.23. The number of benzene rings is 1. The Morgan fingerprint density at radius 2 is 2.03 bits per heavy atom. The van der Waals surface area contributed by atoms with Gasteiger partial charge in [0.2, 0.25) is 11.8 Å². The number of amides is 3. The normalized spacial score (nSPS) is 21.8. The second kappa shape index (κ2) is 8.07. The van der Waals surface area contributed by atoms with E-state index >= 15 is 0 Å². The maximum absolute atomic E-state index is 13.2. The van der Waals surface area contributed by atoms with E-state index in [1.165, 1.54) is 12.3 Å². The molecule has 1 atom stereocenters. The van der Waals surface area contributed by atoms with Crippen molar-refractivity contribution in [3.8, 4) is 0 Å². The minimum atomic E-state index is -0.608. The molecule has 32 heavy (non-hydrogen) atoms. The maximum atomic E-state index is 13.2. The van der Waals surface area contributed by atoms with Gasteiger partial charge >= 0.3 is 0 Å². The predicted octanol–water partition coefficient (Wildman–Crippen LogP) is 0.613. The van der Waals surface area contributed by atoms with Gasteiger partial charge in [0.15, 0.2) is 0 Å². The Labute approximate surface area is 184 Å². The first-order chi connectivity index (χ1) is 15.4. The van der Waals surface area contributed by atoms with Gasteiger partial charge in [0.1, 0.15) is 11.9 Å². The molecule has 166 valence electrons. The first-order valence-corrected chi connectivity index (χ1v) is 10.8. The van der Waals surface area contributed by atoms with E-state index in [1.807, 2.05) is 18.2 Å². The van der Waals surface area contributed by atoms with Gasteiger partial charge in [-0.05, 0) is 35.7 Å². The molecule has 2 fully saturated rings. The van der Waals surface area contributed by atoms with Crippen LogP contribution in [0.4, 0.5) is 4.39 Å². The fourth-order valence-electron chi connectivity index (χ4n) is 4.70. The Kier molecular flexibility index (Phi) is 5.22. The van der Waals surface area contributed by atoms with Crippen LogP contribution in [0.15, 0.2) is 36.5 Å². The van der Waals surface area contributed by atoms with Crippen molar-refractivity contribution in [2.24, 2.45) is 0 Å². The minimum Gasteiger partial charge on any atom is -0.322 e. The number of carbonyl (C=O) groups excluding carboxylic acids is 3. The molecule has 3 aliphatic heterocycles. The zero-order valence-electron chi connectivity index (χ0n) is 17.5. The Morgan fingerprint density at radius 3 is 2.72 bits per heavy atom. The van der Waals surface area contributed by atoms with Gasteiger partial charge in [-0.25, -0.2) is 4.39 Å². The van der Waals surface area contributed by atoms with Crippen LogP contribution < -0.4 is 16.0 Å². The highest BCUT2D eigenvalue weighted by Crippen LogP contribution is 2.29. The third-order valence-electron chi connectivity index (χ3n) is 6.58. The summed E-state index contributed by atoms with van der Waals surface area (Å²) in [5, 5.41) is 9.07. The number of hydrogen-bond acceptors (Lipinski definition) is 6. The number of nitrogens with zero attached hydrogens (tertiary/aromatic N) is 2. The molecule has 8 nitrogen and oxygen atoms in total. The summed E-state index contributed by atoms with van der Waals surface area (Å²) in [6.45, 7) is 3.22. The van der Waals surface area contributed by atoms with Gasteiger partial charge in [0.25, 0.3) is 5.91 Å². The van der Waals surface area contributed by atoms with E-state index in [4.69, 9.17) is 0 Å². The summed E-state index contributed by atoms with van der Waals surface area (Å²) in [6, 6.07) is 8.29. The van der Waals surface area contributed by atoms with Gasteiger partial charge in [-0.1, -0.05) is 12.1 Å². The van der Waals surface area contributed by atoms with Gasteiger partial charge < -0.3 is 15.5 Å². The van der Waals surface area contributed by atoms with E-state index < -0.39 is 11.9 Å². The molecule has 9 heteroatoms. The molecule has 1 unspecified atom stereocenters. The Bertz CT molecular complexity index is 1080. The molecule has 2 saturated heterocycles. The molecule has 4 heterocycles. The lowest BCUT2D eigenvalue weighted by Crippen LogP contribution is -2.61. The van der Waals surface area contributed by atoms with E-state index in [1.54, 1.807) is 11.0 Å². The van der Waals surface area contributed by atoms with Crippen molar-refractivity contribution < 1.29 is 18.8 Å². The summed E-state index contributed by atoms with van der Waals surface area (Å²) in [4.78, 5) is 42.2. The van der Waals surface area contributed by atoms with Crippen molar-refractivity contribution >= 4 is 17.7 Å². The van der Waals surface area contributed by atoms with Crippen molar-refractivity contribution in [2.75, 3.05) is 19.6 Å². The van der Waals surface area contributed by atoms with Crippen LogP contribution in [-0.4, -0.2) is 53.3 Å². The molecule has 3 aliphatic rings. The summed E-state index contributed by atoms with van der Waals surface area (Å²) in [6.07, 6.45) is 1.85. The lowest BCUT2D eigenvalue weighted by atomic mass is 9.78. The van der Waals surface area contributed by atoms with Crippen molar-refractivity contribution in [3.05, 3.63) is 64.7 Å². The molecule has 0 spiro atoms. The molecule has 0 radical (unpaired) electrons. The van der Waals surface area contributed by atoms with Crippen molar-refractivity contribution in [1.29, 1.82) is 0 Å². The third kappa shape index (κ3) is 3.67. The van der Waals surface area contributed by atoms with Crippen LogP contribution in [0.3, 0.4) is 0 Å². The maximum Gasteiger partial charge on any atom is 0.255 e. The number of aromatic nitrogens is 1. The van der Waals surface area contributed by atoms with Crippen LogP contribution in [0, 0.1) is 5.82 Å². The lowest BCUT2D eigenvalue weighted by Gasteiger charge is -2.42. The number of pyridine rings is 1. The number of piperidine rings is 1. The van der Waals surface area contributed by atoms with E-state index in [-0.39, 0.29) is 29.5 Å². The van der Waals surface area contributed by atoms with Crippen LogP contribution in [0.1, 0.15) is 40.0 Å². The monoisotopic (exact) mass is 437 g/mol. The fourth-order valence-corrected chi connectivity index (χ4v) is 4.70. The fraction of sp³-hybridized carbons (Fsp3) is 0.391. The first kappa shape index (κ1) is 20.7. The smallest absolute Gasteiger partial charge is 0.255 e. The van der Waals surface area contributed by atoms with Crippen molar-refractivity contribution in [1.82, 2.24) is 25.8 Å². The van der Waals surface area contributed by atoms with E-state index in [0.29, 0.717) is 31.6 Å². The Hall–Kier alpha value is -3.17. The van der Waals surface area contributed by atoms with Crippen LogP contribution in [0.2, 0.25) is 0 Å². The van der Waals surface area contributed by atoms with E-state index in [9.17, 15) is 18.8 Å². The molecule has 0 aliphatic carbocycles.